The van der Waals surface area contributed by atoms with E-state index in [2.05, 4.69) is 22.3 Å². The standard InChI is InChI=1S/C16H13N3O/c17-16(20)15-10-14(18-19-15)13-8-6-12(7-9-13)11-4-2-1-3-5-11/h1-10H,(H2,17,20)(H,18,19). The predicted molar refractivity (Wildman–Crippen MR) is 78.0 cm³/mol. The summed E-state index contributed by atoms with van der Waals surface area (Å²) in [6.07, 6.45) is 0. The Morgan fingerprint density at radius 1 is 0.900 bits per heavy atom. The Morgan fingerprint density at radius 3 is 2.10 bits per heavy atom. The van der Waals surface area contributed by atoms with Crippen LogP contribution in [0, 0.1) is 0 Å². The number of carbonyl (C=O) groups is 1. The van der Waals surface area contributed by atoms with Gasteiger partial charge in [-0.3, -0.25) is 9.89 Å². The lowest BCUT2D eigenvalue weighted by Crippen LogP contribution is -2.10. The quantitative estimate of drug-likeness (QED) is 0.762. The maximum atomic E-state index is 11.0. The molecule has 2 aromatic carbocycles. The molecule has 0 saturated heterocycles. The molecule has 98 valence electrons. The highest BCUT2D eigenvalue weighted by Crippen LogP contribution is 2.23. The van der Waals surface area contributed by atoms with Crippen LogP contribution in [0.2, 0.25) is 0 Å². The van der Waals surface area contributed by atoms with Crippen LogP contribution in [-0.2, 0) is 0 Å². The average molecular weight is 263 g/mol. The summed E-state index contributed by atoms with van der Waals surface area (Å²) in [4.78, 5) is 11.0. The molecule has 0 fully saturated rings. The summed E-state index contributed by atoms with van der Waals surface area (Å²) in [6, 6.07) is 19.8. The highest BCUT2D eigenvalue weighted by molar-refractivity contribution is 5.91. The number of H-pyrrole nitrogens is 1. The molecule has 0 aliphatic heterocycles. The third-order valence-corrected chi connectivity index (χ3v) is 3.13. The number of rotatable bonds is 3. The maximum absolute atomic E-state index is 11.0. The molecule has 0 unspecified atom stereocenters. The normalized spacial score (nSPS) is 10.4. The van der Waals surface area contributed by atoms with Crippen molar-refractivity contribution < 1.29 is 4.79 Å². The van der Waals surface area contributed by atoms with Gasteiger partial charge in [0.1, 0.15) is 5.69 Å². The van der Waals surface area contributed by atoms with Crippen LogP contribution in [0.5, 0.6) is 0 Å². The van der Waals surface area contributed by atoms with E-state index in [4.69, 9.17) is 5.73 Å². The Balaban J connectivity index is 1.91. The summed E-state index contributed by atoms with van der Waals surface area (Å²) in [7, 11) is 0. The molecule has 3 N–H and O–H groups in total. The Kier molecular flexibility index (Phi) is 3.05. The minimum atomic E-state index is -0.510. The van der Waals surface area contributed by atoms with E-state index < -0.39 is 5.91 Å². The van der Waals surface area contributed by atoms with E-state index >= 15 is 0 Å². The molecule has 0 bridgehead atoms. The Labute approximate surface area is 116 Å². The smallest absolute Gasteiger partial charge is 0.266 e. The van der Waals surface area contributed by atoms with Crippen LogP contribution in [0.3, 0.4) is 0 Å². The summed E-state index contributed by atoms with van der Waals surface area (Å²) >= 11 is 0. The van der Waals surface area contributed by atoms with Crippen molar-refractivity contribution in [3.05, 3.63) is 66.4 Å². The van der Waals surface area contributed by atoms with Crippen LogP contribution >= 0.6 is 0 Å². The van der Waals surface area contributed by atoms with E-state index in [0.29, 0.717) is 11.4 Å². The van der Waals surface area contributed by atoms with Crippen molar-refractivity contribution in [3.63, 3.8) is 0 Å². The zero-order valence-electron chi connectivity index (χ0n) is 10.7. The van der Waals surface area contributed by atoms with Crippen molar-refractivity contribution in [2.75, 3.05) is 0 Å². The molecular weight excluding hydrogens is 250 g/mol. The number of nitrogens with zero attached hydrogens (tertiary/aromatic N) is 1. The molecule has 3 aromatic rings. The summed E-state index contributed by atoms with van der Waals surface area (Å²) < 4.78 is 0. The van der Waals surface area contributed by atoms with Crippen LogP contribution in [0.15, 0.2) is 60.7 Å². The molecule has 0 spiro atoms. The van der Waals surface area contributed by atoms with Gasteiger partial charge in [-0.05, 0) is 17.2 Å². The first kappa shape index (κ1) is 12.2. The fourth-order valence-electron chi connectivity index (χ4n) is 2.06. The number of amides is 1. The summed E-state index contributed by atoms with van der Waals surface area (Å²) in [5.41, 5.74) is 9.46. The second-order valence-electron chi connectivity index (χ2n) is 4.47. The average Bonchev–Trinajstić information content (AvgIpc) is 2.98. The van der Waals surface area contributed by atoms with Gasteiger partial charge in [-0.15, -0.1) is 0 Å². The van der Waals surface area contributed by atoms with E-state index in [-0.39, 0.29) is 0 Å². The van der Waals surface area contributed by atoms with Gasteiger partial charge in [0, 0.05) is 5.56 Å². The highest BCUT2D eigenvalue weighted by Gasteiger charge is 2.07. The molecular formula is C16H13N3O. The number of aromatic amines is 1. The lowest BCUT2D eigenvalue weighted by Gasteiger charge is -2.02. The number of nitrogens with one attached hydrogen (secondary N) is 1. The Hall–Kier alpha value is -2.88. The van der Waals surface area contributed by atoms with Gasteiger partial charge in [0.05, 0.1) is 5.69 Å². The van der Waals surface area contributed by atoms with Crippen LogP contribution in [0.4, 0.5) is 0 Å². The van der Waals surface area contributed by atoms with E-state index in [1.807, 2.05) is 42.5 Å². The molecule has 1 heterocycles. The topological polar surface area (TPSA) is 71.8 Å². The molecule has 20 heavy (non-hydrogen) atoms. The van der Waals surface area contributed by atoms with E-state index in [1.54, 1.807) is 6.07 Å². The van der Waals surface area contributed by atoms with Crippen LogP contribution < -0.4 is 5.73 Å². The van der Waals surface area contributed by atoms with Gasteiger partial charge in [0.15, 0.2) is 0 Å². The molecule has 0 aliphatic rings. The van der Waals surface area contributed by atoms with E-state index in [9.17, 15) is 4.79 Å². The predicted octanol–water partition coefficient (Wildman–Crippen LogP) is 2.84. The number of benzene rings is 2. The summed E-state index contributed by atoms with van der Waals surface area (Å²) in [6.45, 7) is 0. The van der Waals surface area contributed by atoms with Gasteiger partial charge in [-0.2, -0.15) is 5.10 Å². The Morgan fingerprint density at radius 2 is 1.50 bits per heavy atom. The van der Waals surface area contributed by atoms with Gasteiger partial charge in [-0.25, -0.2) is 0 Å². The second-order valence-corrected chi connectivity index (χ2v) is 4.47. The van der Waals surface area contributed by atoms with Gasteiger partial charge in [0.2, 0.25) is 0 Å². The molecule has 4 heteroatoms. The molecule has 0 saturated carbocycles. The zero-order valence-corrected chi connectivity index (χ0v) is 10.7. The van der Waals surface area contributed by atoms with Gasteiger partial charge >= 0.3 is 0 Å². The SMILES string of the molecule is NC(=O)c1cc(-c2ccc(-c3ccccc3)cc2)n[nH]1. The van der Waals surface area contributed by atoms with E-state index in [0.717, 1.165) is 11.1 Å². The summed E-state index contributed by atoms with van der Waals surface area (Å²) in [5.74, 6) is -0.510. The van der Waals surface area contributed by atoms with E-state index in [1.165, 1.54) is 5.56 Å². The number of hydrogen-bond donors (Lipinski definition) is 2. The van der Waals surface area contributed by atoms with Crippen molar-refractivity contribution in [1.29, 1.82) is 0 Å². The fourth-order valence-corrected chi connectivity index (χ4v) is 2.06. The zero-order chi connectivity index (χ0) is 13.9. The van der Waals surface area contributed by atoms with Crippen molar-refractivity contribution >= 4 is 5.91 Å². The highest BCUT2D eigenvalue weighted by atomic mass is 16.1. The molecule has 0 radical (unpaired) electrons. The minimum Gasteiger partial charge on any atom is -0.364 e. The van der Waals surface area contributed by atoms with Crippen LogP contribution in [0.25, 0.3) is 22.4 Å². The molecule has 3 rings (SSSR count). The van der Waals surface area contributed by atoms with Gasteiger partial charge < -0.3 is 5.73 Å². The van der Waals surface area contributed by atoms with Crippen molar-refractivity contribution in [2.24, 2.45) is 5.73 Å². The van der Waals surface area contributed by atoms with Crippen molar-refractivity contribution in [1.82, 2.24) is 10.2 Å². The van der Waals surface area contributed by atoms with Crippen LogP contribution in [-0.4, -0.2) is 16.1 Å². The number of hydrogen-bond acceptors (Lipinski definition) is 2. The third-order valence-electron chi connectivity index (χ3n) is 3.13. The first-order valence-corrected chi connectivity index (χ1v) is 6.25. The molecule has 0 atom stereocenters. The fraction of sp³-hybridized carbons (Fsp3) is 0. The summed E-state index contributed by atoms with van der Waals surface area (Å²) in [5, 5.41) is 6.71. The maximum Gasteiger partial charge on any atom is 0.266 e. The van der Waals surface area contributed by atoms with Gasteiger partial charge in [-0.1, -0.05) is 54.6 Å². The largest absolute Gasteiger partial charge is 0.364 e. The first-order valence-electron chi connectivity index (χ1n) is 6.25. The van der Waals surface area contributed by atoms with Gasteiger partial charge in [0.25, 0.3) is 5.91 Å². The number of primary amides is 1. The molecule has 1 amide bonds. The number of carbonyl (C=O) groups excluding carboxylic acids is 1. The lowest BCUT2D eigenvalue weighted by molar-refractivity contribution is 0.0995. The lowest BCUT2D eigenvalue weighted by atomic mass is 10.0. The first-order chi connectivity index (χ1) is 9.74. The Bertz CT molecular complexity index is 730. The monoisotopic (exact) mass is 263 g/mol. The third kappa shape index (κ3) is 2.31. The van der Waals surface area contributed by atoms with Crippen molar-refractivity contribution in [3.8, 4) is 22.4 Å². The van der Waals surface area contributed by atoms with Crippen molar-refractivity contribution in [2.45, 2.75) is 0 Å². The molecule has 4 nitrogen and oxygen atoms in total. The number of aromatic nitrogens is 2. The molecule has 1 aromatic heterocycles. The molecule has 0 aliphatic carbocycles. The minimum absolute atomic E-state index is 0.312. The second kappa shape index (κ2) is 5.01. The number of nitrogens with two attached hydrogens (primary N) is 1. The van der Waals surface area contributed by atoms with Crippen LogP contribution in [0.1, 0.15) is 10.5 Å².